The van der Waals surface area contributed by atoms with Crippen LogP contribution in [-0.2, 0) is 37.2 Å². The second-order valence-corrected chi connectivity index (χ2v) is 19.6. The lowest BCUT2D eigenvalue weighted by molar-refractivity contribution is -0.161. The Morgan fingerprint density at radius 3 is 1.46 bits per heavy atom. The van der Waals surface area contributed by atoms with Crippen molar-refractivity contribution in [3.63, 3.8) is 0 Å². The Balaban J connectivity index is 2.48. The number of ether oxygens (including phenoxy) is 2. The van der Waals surface area contributed by atoms with E-state index in [-0.39, 0.29) is 45.2 Å². The summed E-state index contributed by atoms with van der Waals surface area (Å²) in [6, 6.07) is 2.31. The van der Waals surface area contributed by atoms with Crippen molar-refractivity contribution in [3.8, 4) is 6.07 Å². The van der Waals surface area contributed by atoms with Crippen LogP contribution in [0.5, 0.6) is 0 Å². The number of rotatable bonds is 45. The van der Waals surface area contributed by atoms with Gasteiger partial charge in [-0.1, -0.05) is 200 Å². The van der Waals surface area contributed by atoms with E-state index in [4.69, 9.17) is 28.3 Å². The van der Waals surface area contributed by atoms with Gasteiger partial charge < -0.3 is 14.4 Å². The van der Waals surface area contributed by atoms with Crippen molar-refractivity contribution in [2.75, 3.05) is 40.0 Å². The van der Waals surface area contributed by atoms with E-state index in [9.17, 15) is 14.2 Å². The maximum Gasteiger partial charge on any atom is 0.474 e. The third-order valence-electron chi connectivity index (χ3n) is 12.2. The lowest BCUT2D eigenvalue weighted by Gasteiger charge is -2.32. The van der Waals surface area contributed by atoms with Crippen LogP contribution in [0.1, 0.15) is 251 Å². The molecule has 1 heterocycles. The fourth-order valence-electron chi connectivity index (χ4n) is 8.20. The Morgan fingerprint density at radius 1 is 0.590 bits per heavy atom. The molecular weight excluding hydrogens is 788 g/mol. The first-order valence-corrected chi connectivity index (χ1v) is 27.3. The second-order valence-electron chi connectivity index (χ2n) is 17.9. The van der Waals surface area contributed by atoms with Crippen LogP contribution in [0.2, 0.25) is 0 Å². The van der Waals surface area contributed by atoms with E-state index in [2.05, 4.69) is 25.8 Å². The predicted octanol–water partition coefficient (Wildman–Crippen LogP) is 14.9. The van der Waals surface area contributed by atoms with Gasteiger partial charge in [-0.3, -0.25) is 23.2 Å². The lowest BCUT2D eigenvalue weighted by atomic mass is 10.0. The number of unbranched alkanes of at least 4 members (excludes halogenated alkanes) is 28. The first-order chi connectivity index (χ1) is 29.8. The van der Waals surface area contributed by atoms with Crippen LogP contribution >= 0.6 is 7.82 Å². The molecule has 0 radical (unpaired) electrons. The average molecular weight is 883 g/mol. The number of hydrogen-bond donors (Lipinski definition) is 0. The number of nitrogens with zero attached hydrogens (tertiary/aromatic N) is 2. The van der Waals surface area contributed by atoms with Crippen molar-refractivity contribution < 1.29 is 37.2 Å². The van der Waals surface area contributed by atoms with Crippen molar-refractivity contribution in [1.82, 2.24) is 4.90 Å². The SMILES string of the molecule is CCCCCCCCCCCCCCCCCC(=O)OCC(COP(=O)(OCCC#N)OCCC1CCCCN1C)OC(=O)CCCCCCCCCCCCCCCCC. The molecule has 0 spiro atoms. The van der Waals surface area contributed by atoms with Gasteiger partial charge in [0.25, 0.3) is 0 Å². The quantitative estimate of drug-likeness (QED) is 0.0332. The van der Waals surface area contributed by atoms with Gasteiger partial charge in [0.1, 0.15) is 6.61 Å². The highest BCUT2D eigenvalue weighted by atomic mass is 31.2. The molecule has 0 bridgehead atoms. The highest BCUT2D eigenvalue weighted by Gasteiger charge is 2.31. The molecule has 3 unspecified atom stereocenters. The van der Waals surface area contributed by atoms with Gasteiger partial charge in [0.15, 0.2) is 6.10 Å². The number of piperidine rings is 1. The normalized spacial score (nSPS) is 15.9. The molecule has 0 aromatic rings. The average Bonchev–Trinajstić information content (AvgIpc) is 3.25. The molecule has 1 aliphatic heterocycles. The number of carbonyl (C=O) groups is 2. The molecule has 0 aromatic heterocycles. The fraction of sp³-hybridized carbons (Fsp3) is 0.940. The Kier molecular flexibility index (Phi) is 40.0. The van der Waals surface area contributed by atoms with Gasteiger partial charge in [-0.25, -0.2) is 4.57 Å². The van der Waals surface area contributed by atoms with Crippen LogP contribution in [0.3, 0.4) is 0 Å². The molecule has 0 saturated carbocycles. The van der Waals surface area contributed by atoms with Crippen molar-refractivity contribution in [2.45, 2.75) is 264 Å². The summed E-state index contributed by atoms with van der Waals surface area (Å²) in [5.74, 6) is -0.748. The molecule has 1 rings (SSSR count). The highest BCUT2D eigenvalue weighted by Crippen LogP contribution is 2.50. The van der Waals surface area contributed by atoms with Crippen LogP contribution in [0.25, 0.3) is 0 Å². The van der Waals surface area contributed by atoms with Crippen LogP contribution in [0.15, 0.2) is 0 Å². The Labute approximate surface area is 375 Å². The van der Waals surface area contributed by atoms with Crippen LogP contribution in [0.4, 0.5) is 0 Å². The van der Waals surface area contributed by atoms with Gasteiger partial charge >= 0.3 is 19.8 Å². The summed E-state index contributed by atoms with van der Waals surface area (Å²) in [6.07, 6.45) is 41.1. The fourth-order valence-corrected chi connectivity index (χ4v) is 9.42. The minimum absolute atomic E-state index is 0.0245. The Hall–Kier alpha value is -1.50. The molecule has 10 nitrogen and oxygen atoms in total. The molecule has 0 N–H and O–H groups in total. The minimum atomic E-state index is -4.08. The van der Waals surface area contributed by atoms with Crippen molar-refractivity contribution in [3.05, 3.63) is 0 Å². The maximum absolute atomic E-state index is 13.7. The van der Waals surface area contributed by atoms with Gasteiger partial charge in [0, 0.05) is 18.9 Å². The van der Waals surface area contributed by atoms with Gasteiger partial charge in [0.2, 0.25) is 0 Å². The second kappa shape index (κ2) is 42.5. The summed E-state index contributed by atoms with van der Waals surface area (Å²) in [5.41, 5.74) is 0. The molecule has 1 saturated heterocycles. The molecule has 358 valence electrons. The molecule has 61 heavy (non-hydrogen) atoms. The summed E-state index contributed by atoms with van der Waals surface area (Å²) >= 11 is 0. The van der Waals surface area contributed by atoms with E-state index in [0.717, 1.165) is 64.3 Å². The van der Waals surface area contributed by atoms with Gasteiger partial charge in [-0.05, 0) is 45.7 Å². The molecule has 3 atom stereocenters. The minimum Gasteiger partial charge on any atom is -0.462 e. The Morgan fingerprint density at radius 2 is 1.02 bits per heavy atom. The number of phosphoric ester groups is 1. The zero-order chi connectivity index (χ0) is 44.3. The van der Waals surface area contributed by atoms with Gasteiger partial charge in [-0.2, -0.15) is 5.26 Å². The highest BCUT2D eigenvalue weighted by molar-refractivity contribution is 7.48. The van der Waals surface area contributed by atoms with Crippen molar-refractivity contribution in [2.24, 2.45) is 0 Å². The van der Waals surface area contributed by atoms with Gasteiger partial charge in [0.05, 0.1) is 32.3 Å². The zero-order valence-corrected chi connectivity index (χ0v) is 40.9. The first-order valence-electron chi connectivity index (χ1n) is 25.8. The number of hydrogen-bond acceptors (Lipinski definition) is 10. The molecule has 1 fully saturated rings. The van der Waals surface area contributed by atoms with Crippen LogP contribution < -0.4 is 0 Å². The first kappa shape index (κ1) is 57.5. The van der Waals surface area contributed by atoms with E-state index < -0.39 is 19.9 Å². The molecule has 0 aromatic carbocycles. The van der Waals surface area contributed by atoms with E-state index >= 15 is 0 Å². The van der Waals surface area contributed by atoms with Crippen LogP contribution in [-0.4, -0.2) is 69.0 Å². The molecule has 11 heteroatoms. The van der Waals surface area contributed by atoms with Gasteiger partial charge in [-0.15, -0.1) is 0 Å². The van der Waals surface area contributed by atoms with Crippen molar-refractivity contribution >= 4 is 19.8 Å². The monoisotopic (exact) mass is 883 g/mol. The Bertz CT molecular complexity index is 1100. The largest absolute Gasteiger partial charge is 0.474 e. The van der Waals surface area contributed by atoms with E-state index in [1.54, 1.807) is 0 Å². The summed E-state index contributed by atoms with van der Waals surface area (Å²) in [6.45, 7) is 5.08. The standard InChI is InChI=1S/C50H95N2O8P/c1-4-6-8-10-12-14-16-18-20-22-24-26-28-30-32-38-49(53)56-45-48(46-59-61(55,57-43-36-41-51)58-44-40-47-37-34-35-42-52(47)3)60-50(54)39-33-31-29-27-25-23-21-19-17-15-13-11-9-7-5-2/h47-48H,4-40,42-46H2,1-3H3. The molecule has 0 aliphatic carbocycles. The number of nitriles is 1. The summed E-state index contributed by atoms with van der Waals surface area (Å²) in [4.78, 5) is 28.0. The lowest BCUT2D eigenvalue weighted by Crippen LogP contribution is -2.36. The van der Waals surface area contributed by atoms with E-state index in [0.29, 0.717) is 18.9 Å². The summed E-state index contributed by atoms with van der Waals surface area (Å²) < 4.78 is 42.0. The maximum atomic E-state index is 13.7. The number of carbonyl (C=O) groups excluding carboxylic acids is 2. The van der Waals surface area contributed by atoms with Crippen LogP contribution in [0, 0.1) is 11.3 Å². The summed E-state index contributed by atoms with van der Waals surface area (Å²) in [5, 5.41) is 9.05. The smallest absolute Gasteiger partial charge is 0.462 e. The summed E-state index contributed by atoms with van der Waals surface area (Å²) in [7, 11) is -2.00. The van der Waals surface area contributed by atoms with E-state index in [1.807, 2.05) is 6.07 Å². The van der Waals surface area contributed by atoms with E-state index in [1.165, 1.54) is 154 Å². The topological polar surface area (TPSA) is 124 Å². The van der Waals surface area contributed by atoms with Crippen molar-refractivity contribution in [1.29, 1.82) is 5.26 Å². The molecule has 0 amide bonds. The molecule has 1 aliphatic rings. The number of esters is 2. The number of phosphoric acid groups is 1. The third-order valence-corrected chi connectivity index (χ3v) is 13.7. The molecular formula is C50H95N2O8P. The third kappa shape index (κ3) is 36.5. The predicted molar refractivity (Wildman–Crippen MR) is 251 cm³/mol. The number of likely N-dealkylation sites (tertiary alicyclic amines) is 1. The zero-order valence-electron chi connectivity index (χ0n) is 40.0.